The van der Waals surface area contributed by atoms with E-state index in [1.54, 1.807) is 0 Å². The highest BCUT2D eigenvalue weighted by Gasteiger charge is 2.21. The lowest BCUT2D eigenvalue weighted by molar-refractivity contribution is 1.18. The number of benzene rings is 11. The first kappa shape index (κ1) is 35.7. The van der Waals surface area contributed by atoms with Gasteiger partial charge in [0.25, 0.3) is 0 Å². The second-order valence-corrected chi connectivity index (χ2v) is 16.0. The van der Waals surface area contributed by atoms with E-state index >= 15 is 0 Å². The number of aromatic nitrogens is 2. The third-order valence-electron chi connectivity index (χ3n) is 12.5. The van der Waals surface area contributed by atoms with Crippen LogP contribution in [0.4, 0.5) is 0 Å². The van der Waals surface area contributed by atoms with Crippen LogP contribution in [0.3, 0.4) is 0 Å². The van der Waals surface area contributed by atoms with Crippen molar-refractivity contribution in [3.8, 4) is 67.3 Å². The fraction of sp³-hybridized carbons (Fsp3) is 0. The molecule has 0 saturated heterocycles. The molecular formula is C60H38N2. The molecule has 12 aromatic rings. The first-order valence-electron chi connectivity index (χ1n) is 21.2. The van der Waals surface area contributed by atoms with Gasteiger partial charge in [0.15, 0.2) is 5.82 Å². The quantitative estimate of drug-likeness (QED) is 0.124. The number of rotatable bonds is 6. The first-order chi connectivity index (χ1) is 30.8. The molecule has 0 unspecified atom stereocenters. The van der Waals surface area contributed by atoms with E-state index in [1.165, 1.54) is 81.9 Å². The van der Waals surface area contributed by atoms with E-state index in [1.807, 2.05) is 6.07 Å². The van der Waals surface area contributed by atoms with Crippen LogP contribution in [0, 0.1) is 0 Å². The monoisotopic (exact) mass is 786 g/mol. The summed E-state index contributed by atoms with van der Waals surface area (Å²) in [5.74, 6) is 0.699. The molecule has 0 atom stereocenters. The van der Waals surface area contributed by atoms with Crippen LogP contribution in [0.1, 0.15) is 0 Å². The Morgan fingerprint density at radius 3 is 1.48 bits per heavy atom. The van der Waals surface area contributed by atoms with Gasteiger partial charge in [-0.15, -0.1) is 0 Å². The summed E-state index contributed by atoms with van der Waals surface area (Å²) in [6.07, 6.45) is 0. The van der Waals surface area contributed by atoms with Crippen LogP contribution < -0.4 is 0 Å². The zero-order valence-electron chi connectivity index (χ0n) is 33.8. The highest BCUT2D eigenvalue weighted by molar-refractivity contribution is 6.29. The smallest absolute Gasteiger partial charge is 0.160 e. The summed E-state index contributed by atoms with van der Waals surface area (Å²) in [5, 5.41) is 12.3. The number of nitrogens with zero attached hydrogens (tertiary/aromatic N) is 2. The Labute approximate surface area is 360 Å². The summed E-state index contributed by atoms with van der Waals surface area (Å²) in [6, 6.07) is 83.0. The number of hydrogen-bond donors (Lipinski definition) is 0. The maximum Gasteiger partial charge on any atom is 0.160 e. The van der Waals surface area contributed by atoms with E-state index in [2.05, 4.69) is 224 Å². The van der Waals surface area contributed by atoms with Crippen LogP contribution in [-0.2, 0) is 0 Å². The van der Waals surface area contributed by atoms with Crippen LogP contribution in [0.15, 0.2) is 231 Å². The van der Waals surface area contributed by atoms with Crippen molar-refractivity contribution in [3.63, 3.8) is 0 Å². The predicted molar refractivity (Wildman–Crippen MR) is 262 cm³/mol. The van der Waals surface area contributed by atoms with Crippen LogP contribution in [0.2, 0.25) is 0 Å². The number of hydrogen-bond acceptors (Lipinski definition) is 2. The molecule has 1 aromatic heterocycles. The summed E-state index contributed by atoms with van der Waals surface area (Å²) in [4.78, 5) is 10.5. The van der Waals surface area contributed by atoms with Gasteiger partial charge in [-0.05, 0) is 93.3 Å². The molecule has 0 spiro atoms. The van der Waals surface area contributed by atoms with E-state index in [0.29, 0.717) is 5.82 Å². The van der Waals surface area contributed by atoms with Crippen molar-refractivity contribution < 1.29 is 0 Å². The van der Waals surface area contributed by atoms with E-state index in [4.69, 9.17) is 9.97 Å². The zero-order valence-corrected chi connectivity index (χ0v) is 33.8. The molecule has 2 nitrogen and oxygen atoms in total. The van der Waals surface area contributed by atoms with Crippen LogP contribution in [-0.4, -0.2) is 9.97 Å². The lowest BCUT2D eigenvalue weighted by atomic mass is 9.82. The second kappa shape index (κ2) is 14.8. The highest BCUT2D eigenvalue weighted by Crippen LogP contribution is 2.48. The van der Waals surface area contributed by atoms with Gasteiger partial charge in [0.05, 0.1) is 11.4 Å². The average Bonchev–Trinajstić information content (AvgIpc) is 3.35. The molecule has 1 heterocycles. The van der Waals surface area contributed by atoms with Gasteiger partial charge in [0.2, 0.25) is 0 Å². The molecule has 12 rings (SSSR count). The van der Waals surface area contributed by atoms with Crippen molar-refractivity contribution >= 4 is 53.9 Å². The van der Waals surface area contributed by atoms with Gasteiger partial charge in [-0.25, -0.2) is 9.97 Å². The molecule has 62 heavy (non-hydrogen) atoms. The van der Waals surface area contributed by atoms with E-state index in [-0.39, 0.29) is 0 Å². The van der Waals surface area contributed by atoms with Crippen molar-refractivity contribution in [2.24, 2.45) is 0 Å². The number of fused-ring (bicyclic) bond motifs is 6. The topological polar surface area (TPSA) is 25.8 Å². The predicted octanol–water partition coefficient (Wildman–Crippen LogP) is 16.2. The molecule has 0 radical (unpaired) electrons. The molecule has 0 aliphatic rings. The molecule has 0 aliphatic heterocycles. The molecule has 0 amide bonds. The summed E-state index contributed by atoms with van der Waals surface area (Å²) in [6.45, 7) is 0. The molecule has 0 aliphatic carbocycles. The molecule has 0 bridgehead atoms. The summed E-state index contributed by atoms with van der Waals surface area (Å²) < 4.78 is 0. The summed E-state index contributed by atoms with van der Waals surface area (Å²) in [5.41, 5.74) is 12.2. The Kier molecular flexibility index (Phi) is 8.53. The van der Waals surface area contributed by atoms with E-state index < -0.39 is 0 Å². The summed E-state index contributed by atoms with van der Waals surface area (Å²) >= 11 is 0. The van der Waals surface area contributed by atoms with E-state index in [9.17, 15) is 0 Å². The van der Waals surface area contributed by atoms with Crippen LogP contribution in [0.5, 0.6) is 0 Å². The van der Waals surface area contributed by atoms with Gasteiger partial charge in [-0.2, -0.15) is 0 Å². The minimum Gasteiger partial charge on any atom is -0.228 e. The molecule has 288 valence electrons. The van der Waals surface area contributed by atoms with Gasteiger partial charge in [-0.1, -0.05) is 224 Å². The Balaban J connectivity index is 1.07. The van der Waals surface area contributed by atoms with Crippen molar-refractivity contribution in [3.05, 3.63) is 231 Å². The molecule has 0 saturated carbocycles. The first-order valence-corrected chi connectivity index (χ1v) is 21.2. The van der Waals surface area contributed by atoms with Gasteiger partial charge >= 0.3 is 0 Å². The van der Waals surface area contributed by atoms with Gasteiger partial charge in [0.1, 0.15) is 0 Å². The second-order valence-electron chi connectivity index (χ2n) is 16.0. The molecule has 0 fully saturated rings. The minimum absolute atomic E-state index is 0.699. The Morgan fingerprint density at radius 2 is 0.758 bits per heavy atom. The van der Waals surface area contributed by atoms with Crippen LogP contribution in [0.25, 0.3) is 121 Å². The molecule has 2 heteroatoms. The average molecular weight is 787 g/mol. The maximum atomic E-state index is 5.32. The maximum absolute atomic E-state index is 5.32. The molecule has 11 aromatic carbocycles. The highest BCUT2D eigenvalue weighted by atomic mass is 14.9. The third kappa shape index (κ3) is 5.96. The normalized spacial score (nSPS) is 11.5. The van der Waals surface area contributed by atoms with Crippen molar-refractivity contribution in [2.45, 2.75) is 0 Å². The van der Waals surface area contributed by atoms with Crippen molar-refractivity contribution in [1.82, 2.24) is 9.97 Å². The Morgan fingerprint density at radius 1 is 0.242 bits per heavy atom. The molecule has 0 N–H and O–H groups in total. The Hall–Kier alpha value is -8.20. The largest absolute Gasteiger partial charge is 0.228 e. The van der Waals surface area contributed by atoms with Gasteiger partial charge in [0, 0.05) is 16.7 Å². The minimum atomic E-state index is 0.699. The van der Waals surface area contributed by atoms with Crippen molar-refractivity contribution in [1.29, 1.82) is 0 Å². The fourth-order valence-corrected chi connectivity index (χ4v) is 9.63. The fourth-order valence-electron chi connectivity index (χ4n) is 9.63. The lowest BCUT2D eigenvalue weighted by Crippen LogP contribution is -1.97. The lowest BCUT2D eigenvalue weighted by Gasteiger charge is -2.21. The Bertz CT molecular complexity index is 3660. The SMILES string of the molecule is c1ccc(-c2nc(-c3ccc(-c4cccc5ccccc45)cc3)cc(-c3ccc(-c4c5ccccc5c(-c5ccccc5)c5c4ccc4ccccc45)c4ccccc34)n2)cc1. The third-order valence-corrected chi connectivity index (χ3v) is 12.5. The van der Waals surface area contributed by atoms with Gasteiger partial charge < -0.3 is 0 Å². The summed E-state index contributed by atoms with van der Waals surface area (Å²) in [7, 11) is 0. The molecular weight excluding hydrogens is 749 g/mol. The van der Waals surface area contributed by atoms with Crippen molar-refractivity contribution in [2.75, 3.05) is 0 Å². The van der Waals surface area contributed by atoms with Crippen LogP contribution >= 0.6 is 0 Å². The van der Waals surface area contributed by atoms with E-state index in [0.717, 1.165) is 33.5 Å². The standard InChI is InChI=1S/C60H38N2/c1-3-18-43(19-4-1)57-51-27-13-14-28-52(51)58(54-35-34-40-17-8-10-24-47(40)59(54)57)53-37-36-50(48-25-11-12-26-49(48)53)56-38-55(61-60(62-56)44-20-5-2-6-21-44)42-32-30-41(31-33-42)46-29-15-22-39-16-7-9-23-45(39)46/h1-38H. The zero-order chi connectivity index (χ0) is 41.0. The van der Waals surface area contributed by atoms with Gasteiger partial charge in [-0.3, -0.25) is 0 Å².